The normalized spacial score (nSPS) is 13.7. The first-order chi connectivity index (χ1) is 9.51. The highest BCUT2D eigenvalue weighted by Gasteiger charge is 2.09. The van der Waals surface area contributed by atoms with E-state index in [-0.39, 0.29) is 0 Å². The van der Waals surface area contributed by atoms with E-state index in [1.165, 1.54) is 0 Å². The quantitative estimate of drug-likeness (QED) is 0.897. The predicted octanol–water partition coefficient (Wildman–Crippen LogP) is 1.45. The molecule has 0 amide bonds. The zero-order valence-corrected chi connectivity index (χ0v) is 11.7. The van der Waals surface area contributed by atoms with Gasteiger partial charge in [0.1, 0.15) is 5.82 Å². The molecule has 2 heterocycles. The molecule has 6 nitrogen and oxygen atoms in total. The number of fused-ring (bicyclic) bond motifs is 1. The maximum atomic E-state index is 11.1. The zero-order chi connectivity index (χ0) is 14.2. The van der Waals surface area contributed by atoms with E-state index in [9.17, 15) is 8.42 Å². The highest BCUT2D eigenvalue weighted by molar-refractivity contribution is 7.92. The van der Waals surface area contributed by atoms with Crippen LogP contribution in [0.4, 0.5) is 5.69 Å². The van der Waals surface area contributed by atoms with Crippen molar-refractivity contribution in [1.82, 2.24) is 14.9 Å². The van der Waals surface area contributed by atoms with Crippen molar-refractivity contribution in [3.05, 3.63) is 42.5 Å². The maximum Gasteiger partial charge on any atom is 0.229 e. The standard InChI is InChI=1S/C13H14N4O2S/c1-20(18,19)16-11-4-2-10(3-5-11)12-8-17-9-14-7-6-13(17)15-12/h2-8,14,16H,9H2,1H3. The van der Waals surface area contributed by atoms with Crippen LogP contribution in [0.25, 0.3) is 17.3 Å². The number of nitrogens with one attached hydrogen (secondary N) is 2. The zero-order valence-electron chi connectivity index (χ0n) is 10.9. The van der Waals surface area contributed by atoms with Gasteiger partial charge in [-0.05, 0) is 18.2 Å². The molecule has 7 heteroatoms. The molecule has 0 fully saturated rings. The lowest BCUT2D eigenvalue weighted by Crippen LogP contribution is -2.16. The summed E-state index contributed by atoms with van der Waals surface area (Å²) in [5.41, 5.74) is 2.35. The fourth-order valence-corrected chi connectivity index (χ4v) is 2.60. The third kappa shape index (κ3) is 2.67. The highest BCUT2D eigenvalue weighted by Crippen LogP contribution is 2.22. The molecular weight excluding hydrogens is 276 g/mol. The van der Waals surface area contributed by atoms with E-state index in [2.05, 4.69) is 15.0 Å². The van der Waals surface area contributed by atoms with Gasteiger partial charge in [0.05, 0.1) is 18.6 Å². The van der Waals surface area contributed by atoms with Gasteiger partial charge in [0.25, 0.3) is 0 Å². The predicted molar refractivity (Wildman–Crippen MR) is 78.3 cm³/mol. The van der Waals surface area contributed by atoms with Gasteiger partial charge in [-0.25, -0.2) is 13.4 Å². The lowest BCUT2D eigenvalue weighted by molar-refractivity contribution is 0.607. The molecule has 1 aliphatic heterocycles. The molecule has 104 valence electrons. The van der Waals surface area contributed by atoms with Crippen molar-refractivity contribution >= 4 is 21.8 Å². The number of hydrogen-bond donors (Lipinski definition) is 2. The second-order valence-corrected chi connectivity index (χ2v) is 6.35. The number of anilines is 1. The van der Waals surface area contributed by atoms with Crippen molar-refractivity contribution in [3.63, 3.8) is 0 Å². The van der Waals surface area contributed by atoms with Gasteiger partial charge in [-0.3, -0.25) is 4.72 Å². The van der Waals surface area contributed by atoms with E-state index in [0.29, 0.717) is 12.4 Å². The van der Waals surface area contributed by atoms with Crippen molar-refractivity contribution < 1.29 is 8.42 Å². The van der Waals surface area contributed by atoms with Gasteiger partial charge < -0.3 is 9.88 Å². The van der Waals surface area contributed by atoms with Crippen LogP contribution in [0.1, 0.15) is 5.82 Å². The molecule has 0 bridgehead atoms. The number of rotatable bonds is 3. The molecule has 1 aromatic heterocycles. The lowest BCUT2D eigenvalue weighted by Gasteiger charge is -2.08. The Morgan fingerprint density at radius 2 is 2.05 bits per heavy atom. The van der Waals surface area contributed by atoms with Crippen molar-refractivity contribution in [1.29, 1.82) is 0 Å². The van der Waals surface area contributed by atoms with E-state index in [4.69, 9.17) is 0 Å². The van der Waals surface area contributed by atoms with Gasteiger partial charge in [0.15, 0.2) is 0 Å². The fraction of sp³-hybridized carbons (Fsp3) is 0.154. The molecule has 0 atom stereocenters. The van der Waals surface area contributed by atoms with Crippen LogP contribution < -0.4 is 10.0 Å². The van der Waals surface area contributed by atoms with Crippen LogP contribution >= 0.6 is 0 Å². The average Bonchev–Trinajstić information content (AvgIpc) is 2.81. The number of hydrogen-bond acceptors (Lipinski definition) is 4. The van der Waals surface area contributed by atoms with Crippen molar-refractivity contribution in [3.8, 4) is 11.3 Å². The van der Waals surface area contributed by atoms with Gasteiger partial charge in [0, 0.05) is 23.6 Å². The monoisotopic (exact) mass is 290 g/mol. The van der Waals surface area contributed by atoms with Crippen LogP contribution in [0.15, 0.2) is 36.7 Å². The van der Waals surface area contributed by atoms with Crippen LogP contribution in [-0.2, 0) is 16.7 Å². The summed E-state index contributed by atoms with van der Waals surface area (Å²) in [4.78, 5) is 4.52. The first-order valence-corrected chi connectivity index (χ1v) is 7.96. The van der Waals surface area contributed by atoms with Gasteiger partial charge in [-0.2, -0.15) is 0 Å². The van der Waals surface area contributed by atoms with Gasteiger partial charge in [-0.1, -0.05) is 12.1 Å². The number of nitrogens with zero attached hydrogens (tertiary/aromatic N) is 2. The molecule has 0 radical (unpaired) electrons. The second-order valence-electron chi connectivity index (χ2n) is 4.60. The Labute approximate surface area is 117 Å². The summed E-state index contributed by atoms with van der Waals surface area (Å²) in [5, 5.41) is 3.11. The van der Waals surface area contributed by atoms with E-state index >= 15 is 0 Å². The first-order valence-electron chi connectivity index (χ1n) is 6.07. The molecule has 0 aliphatic carbocycles. The van der Waals surface area contributed by atoms with Crippen LogP contribution in [0.2, 0.25) is 0 Å². The Morgan fingerprint density at radius 3 is 2.70 bits per heavy atom. The lowest BCUT2D eigenvalue weighted by atomic mass is 10.1. The summed E-state index contributed by atoms with van der Waals surface area (Å²) >= 11 is 0. The van der Waals surface area contributed by atoms with Crippen LogP contribution in [0.3, 0.4) is 0 Å². The minimum atomic E-state index is -3.24. The summed E-state index contributed by atoms with van der Waals surface area (Å²) < 4.78 is 26.7. The first kappa shape index (κ1) is 12.7. The van der Waals surface area contributed by atoms with Crippen molar-refractivity contribution in [2.24, 2.45) is 0 Å². The molecule has 20 heavy (non-hydrogen) atoms. The SMILES string of the molecule is CS(=O)(=O)Nc1ccc(-c2cn3c(n2)C=CNC3)cc1. The Kier molecular flexibility index (Phi) is 2.98. The minimum Gasteiger partial charge on any atom is -0.373 e. The third-order valence-corrected chi connectivity index (χ3v) is 3.51. The summed E-state index contributed by atoms with van der Waals surface area (Å²) in [5.74, 6) is 0.900. The fourth-order valence-electron chi connectivity index (χ4n) is 2.04. The molecule has 1 aromatic carbocycles. The van der Waals surface area contributed by atoms with E-state index in [1.807, 2.05) is 35.2 Å². The number of benzene rings is 1. The Bertz CT molecular complexity index is 760. The van der Waals surface area contributed by atoms with Gasteiger partial charge in [0.2, 0.25) is 10.0 Å². The summed E-state index contributed by atoms with van der Waals surface area (Å²) in [6.45, 7) is 0.701. The highest BCUT2D eigenvalue weighted by atomic mass is 32.2. The maximum absolute atomic E-state index is 11.1. The van der Waals surface area contributed by atoms with Crippen LogP contribution in [-0.4, -0.2) is 24.2 Å². The number of aromatic nitrogens is 2. The summed E-state index contributed by atoms with van der Waals surface area (Å²) in [6.07, 6.45) is 6.87. The Balaban J connectivity index is 1.88. The molecule has 3 rings (SSSR count). The smallest absolute Gasteiger partial charge is 0.229 e. The molecule has 0 saturated heterocycles. The molecule has 0 unspecified atom stereocenters. The van der Waals surface area contributed by atoms with Crippen molar-refractivity contribution in [2.75, 3.05) is 11.0 Å². The minimum absolute atomic E-state index is 0.543. The Hall–Kier alpha value is -2.28. The Morgan fingerprint density at radius 1 is 1.30 bits per heavy atom. The van der Waals surface area contributed by atoms with Crippen molar-refractivity contribution in [2.45, 2.75) is 6.67 Å². The third-order valence-electron chi connectivity index (χ3n) is 2.90. The van der Waals surface area contributed by atoms with E-state index in [1.54, 1.807) is 12.1 Å². The van der Waals surface area contributed by atoms with Crippen LogP contribution in [0.5, 0.6) is 0 Å². The molecule has 2 aromatic rings. The number of imidazole rings is 1. The largest absolute Gasteiger partial charge is 0.373 e. The molecule has 1 aliphatic rings. The van der Waals surface area contributed by atoms with E-state index in [0.717, 1.165) is 23.3 Å². The number of sulfonamides is 1. The summed E-state index contributed by atoms with van der Waals surface area (Å²) in [7, 11) is -3.24. The van der Waals surface area contributed by atoms with Crippen LogP contribution in [0, 0.1) is 0 Å². The molecular formula is C13H14N4O2S. The molecule has 0 saturated carbocycles. The van der Waals surface area contributed by atoms with Gasteiger partial charge in [-0.15, -0.1) is 0 Å². The molecule has 0 spiro atoms. The second kappa shape index (κ2) is 4.68. The topological polar surface area (TPSA) is 76.0 Å². The molecule has 2 N–H and O–H groups in total. The van der Waals surface area contributed by atoms with Gasteiger partial charge >= 0.3 is 0 Å². The summed E-state index contributed by atoms with van der Waals surface area (Å²) in [6, 6.07) is 7.14. The average molecular weight is 290 g/mol. The van der Waals surface area contributed by atoms with E-state index < -0.39 is 10.0 Å².